The Morgan fingerprint density at radius 3 is 1.89 bits per heavy atom. The van der Waals surface area contributed by atoms with E-state index in [1.54, 1.807) is 0 Å². The van der Waals surface area contributed by atoms with Crippen molar-refractivity contribution in [2.45, 2.75) is 115 Å². The molecule has 0 bridgehead atoms. The van der Waals surface area contributed by atoms with E-state index in [2.05, 4.69) is 72.7 Å². The Morgan fingerprint density at radius 1 is 0.943 bits per heavy atom. The van der Waals surface area contributed by atoms with Crippen LogP contribution in [0.5, 0.6) is 0 Å². The van der Waals surface area contributed by atoms with E-state index in [1.807, 2.05) is 0 Å². The van der Waals surface area contributed by atoms with Crippen molar-refractivity contribution in [1.82, 2.24) is 9.55 Å². The molecular weight excluding hydrogens is 488 g/mol. The summed E-state index contributed by atoms with van der Waals surface area (Å²) in [6.45, 7) is 21.1. The fourth-order valence-corrected chi connectivity index (χ4v) is 6.23. The number of nitrogens with zero attached hydrogens (tertiary/aromatic N) is 1. The summed E-state index contributed by atoms with van der Waals surface area (Å²) < 4.78 is 26.8. The van der Waals surface area contributed by atoms with Crippen LogP contribution in [0, 0.1) is 0 Å². The van der Waals surface area contributed by atoms with Gasteiger partial charge in [0, 0.05) is 12.3 Å². The first kappa shape index (κ1) is 28.0. The van der Waals surface area contributed by atoms with Crippen LogP contribution in [0.3, 0.4) is 0 Å². The number of nitrogens with one attached hydrogen (secondary N) is 1. The van der Waals surface area contributed by atoms with Gasteiger partial charge in [-0.1, -0.05) is 41.5 Å². The van der Waals surface area contributed by atoms with E-state index in [0.29, 0.717) is 0 Å². The molecule has 0 aliphatic carbocycles. The summed E-state index contributed by atoms with van der Waals surface area (Å²) in [5.41, 5.74) is -1.15. The zero-order valence-corrected chi connectivity index (χ0v) is 24.4. The molecule has 2 saturated heterocycles. The molecule has 6 atom stereocenters. The summed E-state index contributed by atoms with van der Waals surface area (Å²) in [6, 6.07) is 1.25. The molecule has 2 aliphatic rings. The summed E-state index contributed by atoms with van der Waals surface area (Å²) in [5, 5.41) is 9.23. The smallest absolute Gasteiger partial charge is 0.335 e. The number of ether oxygens (including phenoxy) is 2. The van der Waals surface area contributed by atoms with Crippen LogP contribution in [0.25, 0.3) is 0 Å². The zero-order chi connectivity index (χ0) is 26.7. The number of carbonyl (C=O) groups is 1. The Balaban J connectivity index is 2.12. The van der Waals surface area contributed by atoms with E-state index in [1.165, 1.54) is 16.8 Å². The van der Waals surface area contributed by atoms with Crippen molar-refractivity contribution in [3.8, 4) is 0 Å². The van der Waals surface area contributed by atoms with E-state index in [-0.39, 0.29) is 10.1 Å². The highest BCUT2D eigenvalue weighted by Crippen LogP contribution is 2.48. The monoisotopic (exact) mass is 528 g/mol. The van der Waals surface area contributed by atoms with Gasteiger partial charge in [-0.05, 0) is 36.3 Å². The van der Waals surface area contributed by atoms with Crippen LogP contribution >= 0.6 is 0 Å². The van der Waals surface area contributed by atoms with E-state index in [4.69, 9.17) is 18.3 Å². The maximum absolute atomic E-state index is 12.8. The molecule has 0 amide bonds. The number of rotatable bonds is 7. The van der Waals surface area contributed by atoms with E-state index in [9.17, 15) is 19.5 Å². The van der Waals surface area contributed by atoms with Crippen LogP contribution in [-0.4, -0.2) is 67.8 Å². The molecule has 1 aromatic heterocycles. The number of aliphatic carboxylic acids is 1. The van der Waals surface area contributed by atoms with Gasteiger partial charge in [-0.3, -0.25) is 14.3 Å². The number of aromatic nitrogens is 2. The lowest BCUT2D eigenvalue weighted by Gasteiger charge is -2.44. The van der Waals surface area contributed by atoms with Crippen LogP contribution in [0.15, 0.2) is 21.9 Å². The van der Waals surface area contributed by atoms with Gasteiger partial charge in [-0.25, -0.2) is 9.59 Å². The molecule has 35 heavy (non-hydrogen) atoms. The van der Waals surface area contributed by atoms with Gasteiger partial charge in [0.15, 0.2) is 29.0 Å². The van der Waals surface area contributed by atoms with Crippen LogP contribution in [-0.2, 0) is 23.1 Å². The highest BCUT2D eigenvalue weighted by molar-refractivity contribution is 6.74. The second-order valence-electron chi connectivity index (χ2n) is 12.6. The average Bonchev–Trinajstić information content (AvgIpc) is 3.40. The first-order chi connectivity index (χ1) is 15.8. The summed E-state index contributed by atoms with van der Waals surface area (Å²) >= 11 is 0. The number of epoxide rings is 1. The second kappa shape index (κ2) is 9.07. The van der Waals surface area contributed by atoms with Gasteiger partial charge in [0.25, 0.3) is 5.56 Å². The van der Waals surface area contributed by atoms with Crippen molar-refractivity contribution in [2.24, 2.45) is 0 Å². The molecule has 2 fully saturated rings. The number of aromatic amines is 1. The molecule has 1 aromatic rings. The summed E-state index contributed by atoms with van der Waals surface area (Å²) in [5.74, 6) is -1.07. The Labute approximate surface area is 208 Å². The molecular formula is C23H40N2O8Si2. The molecule has 2 aliphatic heterocycles. The topological polar surface area (TPSA) is 132 Å². The maximum Gasteiger partial charge on any atom is 0.335 e. The van der Waals surface area contributed by atoms with Gasteiger partial charge >= 0.3 is 11.7 Å². The molecule has 0 radical (unpaired) electrons. The molecule has 3 rings (SSSR count). The van der Waals surface area contributed by atoms with Crippen molar-refractivity contribution in [1.29, 1.82) is 0 Å². The highest BCUT2D eigenvalue weighted by Gasteiger charge is 2.62. The lowest BCUT2D eigenvalue weighted by molar-refractivity contribution is -0.138. The fourth-order valence-electron chi connectivity index (χ4n) is 3.65. The van der Waals surface area contributed by atoms with E-state index in [0.717, 1.165) is 0 Å². The number of hydrogen-bond acceptors (Lipinski definition) is 7. The predicted octanol–water partition coefficient (Wildman–Crippen LogP) is 3.07. The average molecular weight is 529 g/mol. The number of carboxylic acids is 1. The van der Waals surface area contributed by atoms with Crippen LogP contribution < -0.4 is 11.2 Å². The van der Waals surface area contributed by atoms with Crippen LogP contribution in [0.4, 0.5) is 0 Å². The Hall–Kier alpha value is -1.58. The maximum atomic E-state index is 12.8. The van der Waals surface area contributed by atoms with Crippen molar-refractivity contribution in [3.05, 3.63) is 33.1 Å². The third-order valence-corrected chi connectivity index (χ3v) is 16.9. The van der Waals surface area contributed by atoms with Gasteiger partial charge in [0.05, 0.1) is 0 Å². The SMILES string of the molecule is CC(C)(C)[Si](C)(C)O[C@@H]1[C@@H]([C@H]2O[C@@H]2C(=O)O)O[C@@H](n2ccc(=O)[nH]c2=O)[C@@H]1O[Si](C)(C)C(C)(C)C. The minimum Gasteiger partial charge on any atom is -0.479 e. The third-order valence-electron chi connectivity index (χ3n) is 7.92. The Morgan fingerprint density at radius 2 is 1.46 bits per heavy atom. The summed E-state index contributed by atoms with van der Waals surface area (Å²) in [6.07, 6.45) is -3.42. The second-order valence-corrected chi connectivity index (χ2v) is 22.1. The van der Waals surface area contributed by atoms with Gasteiger partial charge in [0.2, 0.25) is 0 Å². The van der Waals surface area contributed by atoms with Gasteiger partial charge in [-0.2, -0.15) is 0 Å². The number of H-pyrrole nitrogens is 1. The van der Waals surface area contributed by atoms with Crippen molar-refractivity contribution in [3.63, 3.8) is 0 Å². The molecule has 2 N–H and O–H groups in total. The highest BCUT2D eigenvalue weighted by atomic mass is 28.4. The predicted molar refractivity (Wildman–Crippen MR) is 136 cm³/mol. The standard InChI is InChI=1S/C23H40N2O8Si2/c1-22(2,3)34(7,8)32-16-14(15-18(30-15)20(27)28)31-19(25-12-11-13(26)24-21(25)29)17(16)33-35(9,10)23(4,5)6/h11-12,14-19H,1-10H3,(H,27,28)(H,24,26,29)/t14-,15-,16-,17-,18+,19-/m1/s1. The Kier molecular flexibility index (Phi) is 7.25. The molecule has 0 saturated carbocycles. The van der Waals surface area contributed by atoms with Gasteiger partial charge in [-0.15, -0.1) is 0 Å². The molecule has 10 nitrogen and oxygen atoms in total. The lowest BCUT2D eigenvalue weighted by Crippen LogP contribution is -2.54. The summed E-state index contributed by atoms with van der Waals surface area (Å²) in [4.78, 5) is 38.4. The minimum atomic E-state index is -2.41. The molecule has 0 spiro atoms. The first-order valence-electron chi connectivity index (χ1n) is 12.0. The Bertz CT molecular complexity index is 1070. The zero-order valence-electron chi connectivity index (χ0n) is 22.4. The lowest BCUT2D eigenvalue weighted by atomic mass is 10.1. The quantitative estimate of drug-likeness (QED) is 0.408. The van der Waals surface area contributed by atoms with Crippen molar-refractivity contribution in [2.75, 3.05) is 0 Å². The third kappa shape index (κ3) is 5.57. The normalized spacial score (nSPS) is 29.9. The van der Waals surface area contributed by atoms with E-state index >= 15 is 0 Å². The molecule has 3 heterocycles. The van der Waals surface area contributed by atoms with Gasteiger partial charge < -0.3 is 23.4 Å². The molecule has 0 unspecified atom stereocenters. The molecule has 12 heteroatoms. The number of hydrogen-bond donors (Lipinski definition) is 2. The van der Waals surface area contributed by atoms with Crippen LogP contribution in [0.2, 0.25) is 36.3 Å². The van der Waals surface area contributed by atoms with E-state index < -0.39 is 70.6 Å². The minimum absolute atomic E-state index is 0.136. The largest absolute Gasteiger partial charge is 0.479 e. The number of carboxylic acid groups (broad SMARTS) is 1. The van der Waals surface area contributed by atoms with Crippen molar-refractivity contribution >= 4 is 22.6 Å². The first-order valence-corrected chi connectivity index (χ1v) is 17.8. The molecule has 0 aromatic carbocycles. The van der Waals surface area contributed by atoms with Crippen LogP contribution in [0.1, 0.15) is 47.8 Å². The molecule has 198 valence electrons. The van der Waals surface area contributed by atoms with Gasteiger partial charge in [0.1, 0.15) is 24.4 Å². The van der Waals surface area contributed by atoms with Crippen molar-refractivity contribution < 1.29 is 28.2 Å². The fraction of sp³-hybridized carbons (Fsp3) is 0.783. The summed E-state index contributed by atoms with van der Waals surface area (Å²) in [7, 11) is -4.80.